The van der Waals surface area contributed by atoms with Gasteiger partial charge in [0.15, 0.2) is 0 Å². The van der Waals surface area contributed by atoms with E-state index in [0.717, 1.165) is 0 Å². The molecule has 0 heterocycles. The Labute approximate surface area is 124 Å². The maximum absolute atomic E-state index is 3.89. The van der Waals surface area contributed by atoms with Crippen molar-refractivity contribution in [2.75, 3.05) is 5.32 Å². The summed E-state index contributed by atoms with van der Waals surface area (Å²) in [6, 6.07) is 7.56. The topological polar surface area (TPSA) is 12.0 Å². The molecule has 0 spiro atoms. The van der Waals surface area contributed by atoms with E-state index < -0.39 is 0 Å². The summed E-state index contributed by atoms with van der Waals surface area (Å²) in [5.74, 6) is 0. The SMILES string of the molecule is CC1(C)CCCC(Nc2cccc3c2CCCC3)CC1. The van der Waals surface area contributed by atoms with Crippen molar-refractivity contribution >= 4 is 5.69 Å². The Morgan fingerprint density at radius 1 is 1.00 bits per heavy atom. The molecule has 1 saturated carbocycles. The van der Waals surface area contributed by atoms with Crippen LogP contribution < -0.4 is 5.32 Å². The number of aryl methyl sites for hydroxylation is 1. The van der Waals surface area contributed by atoms with Gasteiger partial charge < -0.3 is 5.32 Å². The second-order valence-corrected chi connectivity index (χ2v) is 7.59. The van der Waals surface area contributed by atoms with E-state index in [1.54, 1.807) is 11.1 Å². The summed E-state index contributed by atoms with van der Waals surface area (Å²) in [5, 5.41) is 3.89. The van der Waals surface area contributed by atoms with Crippen LogP contribution in [0.3, 0.4) is 0 Å². The molecule has 20 heavy (non-hydrogen) atoms. The van der Waals surface area contributed by atoms with Crippen molar-refractivity contribution in [3.8, 4) is 0 Å². The molecule has 1 unspecified atom stereocenters. The standard InChI is InChI=1S/C19H29N/c1-19(2)13-6-9-16(12-14-19)20-18-11-5-8-15-7-3-4-10-17(15)18/h5,8,11,16,20H,3-4,6-7,9-10,12-14H2,1-2H3. The molecule has 0 amide bonds. The Balaban J connectivity index is 1.72. The molecule has 2 aliphatic rings. The fourth-order valence-corrected chi connectivity index (χ4v) is 3.94. The maximum Gasteiger partial charge on any atom is 0.0377 e. The molecule has 1 aromatic carbocycles. The molecule has 0 radical (unpaired) electrons. The van der Waals surface area contributed by atoms with Crippen LogP contribution in [0, 0.1) is 5.41 Å². The fourth-order valence-electron chi connectivity index (χ4n) is 3.94. The fraction of sp³-hybridized carbons (Fsp3) is 0.684. The zero-order valence-electron chi connectivity index (χ0n) is 13.2. The van der Waals surface area contributed by atoms with E-state index in [0.29, 0.717) is 11.5 Å². The molecular formula is C19H29N. The van der Waals surface area contributed by atoms with Gasteiger partial charge in [0.2, 0.25) is 0 Å². The van der Waals surface area contributed by atoms with Crippen LogP contribution in [0.2, 0.25) is 0 Å². The lowest BCUT2D eigenvalue weighted by Crippen LogP contribution is -2.21. The Morgan fingerprint density at radius 3 is 2.75 bits per heavy atom. The summed E-state index contributed by atoms with van der Waals surface area (Å²) in [6.07, 6.45) is 12.1. The molecule has 3 rings (SSSR count). The summed E-state index contributed by atoms with van der Waals surface area (Å²) >= 11 is 0. The number of nitrogens with one attached hydrogen (secondary N) is 1. The first-order valence-electron chi connectivity index (χ1n) is 8.51. The minimum Gasteiger partial charge on any atom is -0.382 e. The summed E-state index contributed by atoms with van der Waals surface area (Å²) in [4.78, 5) is 0. The van der Waals surface area contributed by atoms with Gasteiger partial charge in [0.1, 0.15) is 0 Å². The number of hydrogen-bond acceptors (Lipinski definition) is 1. The van der Waals surface area contributed by atoms with Crippen molar-refractivity contribution in [1.29, 1.82) is 0 Å². The van der Waals surface area contributed by atoms with Gasteiger partial charge in [-0.1, -0.05) is 32.4 Å². The van der Waals surface area contributed by atoms with Gasteiger partial charge in [-0.15, -0.1) is 0 Å². The maximum atomic E-state index is 3.89. The van der Waals surface area contributed by atoms with E-state index in [4.69, 9.17) is 0 Å². The van der Waals surface area contributed by atoms with Crippen molar-refractivity contribution in [3.05, 3.63) is 29.3 Å². The van der Waals surface area contributed by atoms with Crippen LogP contribution in [0.4, 0.5) is 5.69 Å². The predicted molar refractivity (Wildman–Crippen MR) is 87.4 cm³/mol. The third-order valence-electron chi connectivity index (χ3n) is 5.33. The van der Waals surface area contributed by atoms with Crippen molar-refractivity contribution < 1.29 is 0 Å². The van der Waals surface area contributed by atoms with Crippen LogP contribution in [-0.4, -0.2) is 6.04 Å². The molecule has 0 saturated heterocycles. The van der Waals surface area contributed by atoms with Gasteiger partial charge in [0.25, 0.3) is 0 Å². The molecule has 110 valence electrons. The number of benzene rings is 1. The second kappa shape index (κ2) is 5.79. The van der Waals surface area contributed by atoms with E-state index >= 15 is 0 Å². The van der Waals surface area contributed by atoms with Gasteiger partial charge in [-0.2, -0.15) is 0 Å². The second-order valence-electron chi connectivity index (χ2n) is 7.59. The van der Waals surface area contributed by atoms with Crippen LogP contribution in [0.1, 0.15) is 69.9 Å². The largest absolute Gasteiger partial charge is 0.382 e. The molecular weight excluding hydrogens is 242 g/mol. The summed E-state index contributed by atoms with van der Waals surface area (Å²) < 4.78 is 0. The lowest BCUT2D eigenvalue weighted by Gasteiger charge is -2.25. The van der Waals surface area contributed by atoms with Crippen LogP contribution in [-0.2, 0) is 12.8 Å². The van der Waals surface area contributed by atoms with Gasteiger partial charge >= 0.3 is 0 Å². The highest BCUT2D eigenvalue weighted by Gasteiger charge is 2.24. The minimum absolute atomic E-state index is 0.548. The monoisotopic (exact) mass is 271 g/mol. The number of fused-ring (bicyclic) bond motifs is 1. The highest BCUT2D eigenvalue weighted by molar-refractivity contribution is 5.56. The van der Waals surface area contributed by atoms with Gasteiger partial charge in [-0.05, 0) is 74.0 Å². The molecule has 1 aromatic rings. The molecule has 0 aromatic heterocycles. The highest BCUT2D eigenvalue weighted by atomic mass is 14.9. The zero-order valence-corrected chi connectivity index (χ0v) is 13.2. The number of hydrogen-bond donors (Lipinski definition) is 1. The van der Waals surface area contributed by atoms with Crippen molar-refractivity contribution in [1.82, 2.24) is 0 Å². The molecule has 2 aliphatic carbocycles. The summed E-state index contributed by atoms with van der Waals surface area (Å²) in [7, 11) is 0. The predicted octanol–water partition coefficient (Wildman–Crippen LogP) is 5.34. The third-order valence-corrected chi connectivity index (χ3v) is 5.33. The van der Waals surface area contributed by atoms with Crippen LogP contribution in [0.15, 0.2) is 18.2 Å². The molecule has 0 bridgehead atoms. The first-order chi connectivity index (χ1) is 9.64. The smallest absolute Gasteiger partial charge is 0.0377 e. The Hall–Kier alpha value is -0.980. The van der Waals surface area contributed by atoms with E-state index in [9.17, 15) is 0 Å². The van der Waals surface area contributed by atoms with E-state index in [1.165, 1.54) is 63.5 Å². The Morgan fingerprint density at radius 2 is 1.85 bits per heavy atom. The number of anilines is 1. The summed E-state index contributed by atoms with van der Waals surface area (Å²) in [6.45, 7) is 4.86. The summed E-state index contributed by atoms with van der Waals surface area (Å²) in [5.41, 5.74) is 5.19. The van der Waals surface area contributed by atoms with Crippen molar-refractivity contribution in [3.63, 3.8) is 0 Å². The van der Waals surface area contributed by atoms with E-state index in [1.807, 2.05) is 0 Å². The molecule has 1 nitrogen and oxygen atoms in total. The Bertz CT molecular complexity index is 461. The third kappa shape index (κ3) is 3.19. The van der Waals surface area contributed by atoms with Gasteiger partial charge in [-0.3, -0.25) is 0 Å². The van der Waals surface area contributed by atoms with Gasteiger partial charge in [0, 0.05) is 11.7 Å². The van der Waals surface area contributed by atoms with Crippen LogP contribution >= 0.6 is 0 Å². The van der Waals surface area contributed by atoms with Crippen LogP contribution in [0.5, 0.6) is 0 Å². The molecule has 0 aliphatic heterocycles. The lowest BCUT2D eigenvalue weighted by molar-refractivity contribution is 0.313. The highest BCUT2D eigenvalue weighted by Crippen LogP contribution is 2.35. The number of rotatable bonds is 2. The van der Waals surface area contributed by atoms with Crippen molar-refractivity contribution in [2.24, 2.45) is 5.41 Å². The normalized spacial score (nSPS) is 25.6. The van der Waals surface area contributed by atoms with Crippen LogP contribution in [0.25, 0.3) is 0 Å². The Kier molecular flexibility index (Phi) is 4.05. The minimum atomic E-state index is 0.548. The first kappa shape index (κ1) is 14.0. The van der Waals surface area contributed by atoms with Gasteiger partial charge in [-0.25, -0.2) is 0 Å². The molecule has 1 fully saturated rings. The average molecular weight is 271 g/mol. The average Bonchev–Trinajstić information content (AvgIpc) is 2.61. The van der Waals surface area contributed by atoms with E-state index in [2.05, 4.69) is 37.4 Å². The van der Waals surface area contributed by atoms with Crippen molar-refractivity contribution in [2.45, 2.75) is 77.7 Å². The molecule has 1 N–H and O–H groups in total. The quantitative estimate of drug-likeness (QED) is 0.716. The molecule has 1 heteroatoms. The molecule has 1 atom stereocenters. The first-order valence-corrected chi connectivity index (χ1v) is 8.51. The lowest BCUT2D eigenvalue weighted by atomic mass is 9.85. The zero-order chi connectivity index (χ0) is 14.0. The van der Waals surface area contributed by atoms with Gasteiger partial charge in [0.05, 0.1) is 0 Å². The van der Waals surface area contributed by atoms with E-state index in [-0.39, 0.29) is 0 Å².